The normalized spacial score (nSPS) is 20.1. The molecule has 0 aromatic heterocycles. The Hall–Kier alpha value is -1.47. The van der Waals surface area contributed by atoms with E-state index in [1.165, 1.54) is 0 Å². The summed E-state index contributed by atoms with van der Waals surface area (Å²) in [5, 5.41) is 7.57. The summed E-state index contributed by atoms with van der Waals surface area (Å²) in [4.78, 5) is 12.0. The first-order valence-corrected chi connectivity index (χ1v) is 8.07. The van der Waals surface area contributed by atoms with E-state index in [0.29, 0.717) is 0 Å². The fourth-order valence-corrected chi connectivity index (χ4v) is 3.58. The molecule has 2 rings (SSSR count). The first kappa shape index (κ1) is 15.9. The van der Waals surface area contributed by atoms with Crippen LogP contribution in [0.5, 0.6) is 0 Å². The summed E-state index contributed by atoms with van der Waals surface area (Å²) in [6.07, 6.45) is 0. The van der Waals surface area contributed by atoms with Gasteiger partial charge in [-0.2, -0.15) is 0 Å². The van der Waals surface area contributed by atoms with E-state index in [4.69, 9.17) is 5.14 Å². The Labute approximate surface area is 123 Å². The highest BCUT2D eigenvalue weighted by atomic mass is 32.2. The van der Waals surface area contributed by atoms with Gasteiger partial charge >= 0.3 is 0 Å². The molecule has 0 bridgehead atoms. The maximum Gasteiger partial charge on any atom is 0.240 e. The van der Waals surface area contributed by atoms with Crippen molar-refractivity contribution in [1.29, 1.82) is 0 Å². The molecule has 116 valence electrons. The third-order valence-corrected chi connectivity index (χ3v) is 5.76. The molecule has 0 saturated heterocycles. The number of hydrogen-bond acceptors (Lipinski definition) is 3. The molecule has 1 fully saturated rings. The number of carbonyl (C=O) groups is 1. The maximum atomic E-state index is 13.3. The summed E-state index contributed by atoms with van der Waals surface area (Å²) >= 11 is 0. The van der Waals surface area contributed by atoms with Gasteiger partial charge in [-0.25, -0.2) is 17.9 Å². The molecule has 7 heteroatoms. The molecule has 1 amide bonds. The second-order valence-corrected chi connectivity index (χ2v) is 8.08. The highest BCUT2D eigenvalue weighted by molar-refractivity contribution is 7.89. The summed E-state index contributed by atoms with van der Waals surface area (Å²) in [5.74, 6) is -1.26. The van der Waals surface area contributed by atoms with Crippen molar-refractivity contribution in [3.8, 4) is 0 Å². The van der Waals surface area contributed by atoms with Crippen LogP contribution in [0.3, 0.4) is 0 Å². The number of primary sulfonamides is 1. The van der Waals surface area contributed by atoms with Crippen LogP contribution in [-0.4, -0.2) is 14.3 Å². The van der Waals surface area contributed by atoms with Gasteiger partial charge in [0, 0.05) is 5.92 Å². The van der Waals surface area contributed by atoms with Gasteiger partial charge < -0.3 is 5.32 Å². The molecule has 0 spiro atoms. The fraction of sp³-hybridized carbons (Fsp3) is 0.500. The summed E-state index contributed by atoms with van der Waals surface area (Å²) in [7, 11) is -4.04. The maximum absolute atomic E-state index is 13.3. The van der Waals surface area contributed by atoms with Crippen LogP contribution >= 0.6 is 0 Å². The Morgan fingerprint density at radius 1 is 1.24 bits per heavy atom. The summed E-state index contributed by atoms with van der Waals surface area (Å²) in [5.41, 5.74) is -0.529. The molecular formula is C14H19FN2O3S. The van der Waals surface area contributed by atoms with E-state index in [1.54, 1.807) is 0 Å². The molecule has 0 aliphatic heterocycles. The first-order valence-electron chi connectivity index (χ1n) is 6.52. The minimum atomic E-state index is -4.04. The lowest BCUT2D eigenvalue weighted by molar-refractivity contribution is -0.118. The van der Waals surface area contributed by atoms with E-state index in [0.717, 1.165) is 18.2 Å². The SMILES string of the molecule is CC1(C)C(C(=O)Nc2cc(F)ccc2S(N)(=O)=O)C1(C)C. The molecular weight excluding hydrogens is 295 g/mol. The van der Waals surface area contributed by atoms with Crippen molar-refractivity contribution < 1.29 is 17.6 Å². The number of nitrogens with two attached hydrogens (primary N) is 1. The molecule has 1 aromatic carbocycles. The molecule has 0 unspecified atom stereocenters. The zero-order valence-electron chi connectivity index (χ0n) is 12.4. The van der Waals surface area contributed by atoms with Crippen molar-refractivity contribution >= 4 is 21.6 Å². The second-order valence-electron chi connectivity index (χ2n) is 6.55. The second kappa shape index (κ2) is 4.51. The van der Waals surface area contributed by atoms with Crippen LogP contribution < -0.4 is 10.5 Å². The molecule has 21 heavy (non-hydrogen) atoms. The van der Waals surface area contributed by atoms with Gasteiger partial charge in [-0.15, -0.1) is 0 Å². The van der Waals surface area contributed by atoms with Gasteiger partial charge in [-0.1, -0.05) is 27.7 Å². The Bertz CT molecular complexity index is 697. The van der Waals surface area contributed by atoms with Crippen LogP contribution in [-0.2, 0) is 14.8 Å². The largest absolute Gasteiger partial charge is 0.325 e. The third kappa shape index (κ3) is 2.55. The molecule has 1 saturated carbocycles. The van der Waals surface area contributed by atoms with E-state index in [2.05, 4.69) is 5.32 Å². The number of halogens is 1. The lowest BCUT2D eigenvalue weighted by atomic mass is 10.0. The quantitative estimate of drug-likeness (QED) is 0.895. The van der Waals surface area contributed by atoms with E-state index < -0.39 is 15.8 Å². The van der Waals surface area contributed by atoms with Crippen molar-refractivity contribution in [2.24, 2.45) is 21.9 Å². The molecule has 5 nitrogen and oxygen atoms in total. The molecule has 1 aliphatic rings. The van der Waals surface area contributed by atoms with Gasteiger partial charge in [0.25, 0.3) is 0 Å². The van der Waals surface area contributed by atoms with E-state index in [1.807, 2.05) is 27.7 Å². The molecule has 1 aromatic rings. The van der Waals surface area contributed by atoms with Crippen LogP contribution in [0.2, 0.25) is 0 Å². The highest BCUT2D eigenvalue weighted by Crippen LogP contribution is 2.68. The van der Waals surface area contributed by atoms with E-state index >= 15 is 0 Å². The predicted octanol–water partition coefficient (Wildman–Crippen LogP) is 2.09. The smallest absolute Gasteiger partial charge is 0.240 e. The average Bonchev–Trinajstić information content (AvgIpc) is 2.67. The van der Waals surface area contributed by atoms with Gasteiger partial charge in [0.05, 0.1) is 5.69 Å². The lowest BCUT2D eigenvalue weighted by Gasteiger charge is -2.10. The first-order chi connectivity index (χ1) is 9.39. The number of hydrogen-bond donors (Lipinski definition) is 2. The number of sulfonamides is 1. The van der Waals surface area contributed by atoms with Crippen LogP contribution in [0.15, 0.2) is 23.1 Å². The minimum Gasteiger partial charge on any atom is -0.325 e. The molecule has 3 N–H and O–H groups in total. The number of rotatable bonds is 3. The molecule has 1 aliphatic carbocycles. The van der Waals surface area contributed by atoms with Crippen LogP contribution in [0.1, 0.15) is 27.7 Å². The monoisotopic (exact) mass is 314 g/mol. The number of anilines is 1. The molecule has 0 radical (unpaired) electrons. The van der Waals surface area contributed by atoms with Gasteiger partial charge in [-0.3, -0.25) is 4.79 Å². The highest BCUT2D eigenvalue weighted by Gasteiger charge is 2.68. The standard InChI is InChI=1S/C14H19FN2O3S/c1-13(2)11(14(13,3)4)12(18)17-9-7-8(15)5-6-10(9)21(16,19)20/h5-7,11H,1-4H3,(H,17,18)(H2,16,19,20). The number of nitrogens with one attached hydrogen (secondary N) is 1. The Kier molecular flexibility index (Phi) is 3.42. The van der Waals surface area contributed by atoms with Gasteiger partial charge in [-0.05, 0) is 29.0 Å². The average molecular weight is 314 g/mol. The Morgan fingerprint density at radius 2 is 1.76 bits per heavy atom. The van der Waals surface area contributed by atoms with Gasteiger partial charge in [0.15, 0.2) is 0 Å². The summed E-state index contributed by atoms with van der Waals surface area (Å²) in [6.45, 7) is 7.85. The Morgan fingerprint density at radius 3 is 2.19 bits per heavy atom. The van der Waals surface area contributed by atoms with Crippen LogP contribution in [0.4, 0.5) is 10.1 Å². The van der Waals surface area contributed by atoms with Crippen molar-refractivity contribution in [1.82, 2.24) is 0 Å². The molecule has 0 atom stereocenters. The Balaban J connectivity index is 2.33. The number of amides is 1. The van der Waals surface area contributed by atoms with Crippen LogP contribution in [0, 0.1) is 22.6 Å². The lowest BCUT2D eigenvalue weighted by Crippen LogP contribution is -2.21. The fourth-order valence-electron chi connectivity index (χ4n) is 2.90. The van der Waals surface area contributed by atoms with Crippen molar-refractivity contribution in [2.45, 2.75) is 32.6 Å². The van der Waals surface area contributed by atoms with Crippen molar-refractivity contribution in [3.05, 3.63) is 24.0 Å². The third-order valence-electron chi connectivity index (χ3n) is 4.79. The number of benzene rings is 1. The minimum absolute atomic E-state index is 0.124. The zero-order chi connectivity index (χ0) is 16.2. The van der Waals surface area contributed by atoms with Crippen LogP contribution in [0.25, 0.3) is 0 Å². The van der Waals surface area contributed by atoms with E-state index in [9.17, 15) is 17.6 Å². The molecule has 0 heterocycles. The van der Waals surface area contributed by atoms with Gasteiger partial charge in [0.1, 0.15) is 10.7 Å². The summed E-state index contributed by atoms with van der Waals surface area (Å²) < 4.78 is 36.3. The zero-order valence-corrected chi connectivity index (χ0v) is 13.2. The topological polar surface area (TPSA) is 89.3 Å². The number of carbonyl (C=O) groups excluding carboxylic acids is 1. The van der Waals surface area contributed by atoms with Crippen molar-refractivity contribution in [2.75, 3.05) is 5.32 Å². The van der Waals surface area contributed by atoms with Crippen molar-refractivity contribution in [3.63, 3.8) is 0 Å². The van der Waals surface area contributed by atoms with E-state index in [-0.39, 0.29) is 33.2 Å². The van der Waals surface area contributed by atoms with Gasteiger partial charge in [0.2, 0.25) is 15.9 Å². The summed E-state index contributed by atoms with van der Waals surface area (Å²) in [6, 6.07) is 2.99. The predicted molar refractivity (Wildman–Crippen MR) is 77.5 cm³/mol.